The molecule has 0 radical (unpaired) electrons. The molecule has 0 spiro atoms. The second-order valence-electron chi connectivity index (χ2n) is 3.93. The SMILES string of the molecule is C=C/C(=C\C)C(C)(C)/C(C=C)=C/C=C\C. The number of rotatable bonds is 5. The Balaban J connectivity index is 5.30. The van der Waals surface area contributed by atoms with Crippen LogP contribution >= 0.6 is 0 Å². The molecule has 0 heterocycles. The van der Waals surface area contributed by atoms with Gasteiger partial charge in [-0.1, -0.05) is 63.5 Å². The van der Waals surface area contributed by atoms with Gasteiger partial charge >= 0.3 is 0 Å². The Bertz CT molecular complexity index is 309. The van der Waals surface area contributed by atoms with Crippen LogP contribution in [0.25, 0.3) is 0 Å². The third-order valence-corrected chi connectivity index (χ3v) is 2.66. The maximum atomic E-state index is 3.87. The predicted octanol–water partition coefficient (Wildman–Crippen LogP) is 4.83. The van der Waals surface area contributed by atoms with Gasteiger partial charge in [0.25, 0.3) is 0 Å². The second-order valence-corrected chi connectivity index (χ2v) is 3.93. The molecule has 0 saturated carbocycles. The minimum absolute atomic E-state index is 0.0300. The molecule has 82 valence electrons. The van der Waals surface area contributed by atoms with Crippen molar-refractivity contribution in [1.82, 2.24) is 0 Å². The standard InChI is InChI=1S/C15H22/c1-7-11-12-14(10-4)15(5,6)13(8-2)9-3/h7-12H,2,4H2,1,3,5-6H3/b11-7-,13-9+,14-12+. The Morgan fingerprint density at radius 3 is 1.87 bits per heavy atom. The van der Waals surface area contributed by atoms with E-state index in [9.17, 15) is 0 Å². The molecule has 0 rings (SSSR count). The van der Waals surface area contributed by atoms with Gasteiger partial charge in [-0.25, -0.2) is 0 Å². The summed E-state index contributed by atoms with van der Waals surface area (Å²) in [4.78, 5) is 0. The quantitative estimate of drug-likeness (QED) is 0.560. The van der Waals surface area contributed by atoms with E-state index in [1.165, 1.54) is 11.1 Å². The highest BCUT2D eigenvalue weighted by atomic mass is 14.3. The lowest BCUT2D eigenvalue weighted by molar-refractivity contribution is 0.566. The zero-order valence-electron chi connectivity index (χ0n) is 10.4. The number of hydrogen-bond acceptors (Lipinski definition) is 0. The fourth-order valence-corrected chi connectivity index (χ4v) is 1.63. The molecule has 0 nitrogen and oxygen atoms in total. The average Bonchev–Trinajstić information content (AvgIpc) is 2.20. The highest BCUT2D eigenvalue weighted by Gasteiger charge is 2.23. The van der Waals surface area contributed by atoms with Crippen molar-refractivity contribution in [2.45, 2.75) is 27.7 Å². The number of allylic oxidation sites excluding steroid dienone is 8. The molecule has 0 N–H and O–H groups in total. The van der Waals surface area contributed by atoms with Gasteiger partial charge in [0.05, 0.1) is 0 Å². The molecule has 0 aromatic rings. The summed E-state index contributed by atoms with van der Waals surface area (Å²) in [7, 11) is 0. The summed E-state index contributed by atoms with van der Waals surface area (Å²) in [6.45, 7) is 16.1. The molecule has 0 amide bonds. The molecular formula is C15H22. The first-order valence-electron chi connectivity index (χ1n) is 5.29. The van der Waals surface area contributed by atoms with Crippen molar-refractivity contribution in [3.05, 3.63) is 60.8 Å². The van der Waals surface area contributed by atoms with Gasteiger partial charge in [-0.15, -0.1) is 0 Å². The molecule has 0 heteroatoms. The second kappa shape index (κ2) is 6.23. The lowest BCUT2D eigenvalue weighted by Crippen LogP contribution is -2.15. The summed E-state index contributed by atoms with van der Waals surface area (Å²) in [6, 6.07) is 0. The van der Waals surface area contributed by atoms with Crippen molar-refractivity contribution >= 4 is 0 Å². The van der Waals surface area contributed by atoms with Gasteiger partial charge in [0.15, 0.2) is 0 Å². The Kier molecular flexibility index (Phi) is 5.69. The van der Waals surface area contributed by atoms with E-state index in [1.807, 2.05) is 38.2 Å². The van der Waals surface area contributed by atoms with Crippen LogP contribution in [0.5, 0.6) is 0 Å². The highest BCUT2D eigenvalue weighted by Crippen LogP contribution is 2.35. The van der Waals surface area contributed by atoms with E-state index in [2.05, 4.69) is 39.2 Å². The zero-order valence-corrected chi connectivity index (χ0v) is 10.4. The van der Waals surface area contributed by atoms with E-state index >= 15 is 0 Å². The van der Waals surface area contributed by atoms with E-state index in [0.29, 0.717) is 0 Å². The molecule has 0 bridgehead atoms. The average molecular weight is 202 g/mol. The van der Waals surface area contributed by atoms with Crippen molar-refractivity contribution in [3.8, 4) is 0 Å². The summed E-state index contributed by atoms with van der Waals surface area (Å²) in [6.07, 6.45) is 12.1. The smallest absolute Gasteiger partial charge is 0.0142 e. The normalized spacial score (nSPS) is 14.4. The van der Waals surface area contributed by atoms with Crippen LogP contribution in [0.4, 0.5) is 0 Å². The topological polar surface area (TPSA) is 0 Å². The van der Waals surface area contributed by atoms with Crippen LogP contribution in [0.3, 0.4) is 0 Å². The van der Waals surface area contributed by atoms with Gasteiger partial charge < -0.3 is 0 Å². The Morgan fingerprint density at radius 1 is 1.00 bits per heavy atom. The van der Waals surface area contributed by atoms with Gasteiger partial charge in [0.1, 0.15) is 0 Å². The maximum Gasteiger partial charge on any atom is 0.0142 e. The van der Waals surface area contributed by atoms with Crippen molar-refractivity contribution in [3.63, 3.8) is 0 Å². The molecule has 0 aliphatic heterocycles. The molecule has 0 aliphatic rings. The van der Waals surface area contributed by atoms with E-state index in [4.69, 9.17) is 0 Å². The van der Waals surface area contributed by atoms with Crippen LogP contribution in [-0.4, -0.2) is 0 Å². The molecule has 0 fully saturated rings. The molecule has 0 aliphatic carbocycles. The summed E-state index contributed by atoms with van der Waals surface area (Å²) in [5.74, 6) is 0. The summed E-state index contributed by atoms with van der Waals surface area (Å²) >= 11 is 0. The highest BCUT2D eigenvalue weighted by molar-refractivity contribution is 5.40. The summed E-state index contributed by atoms with van der Waals surface area (Å²) in [5.41, 5.74) is 2.39. The van der Waals surface area contributed by atoms with Crippen LogP contribution in [0.15, 0.2) is 60.8 Å². The van der Waals surface area contributed by atoms with Crippen LogP contribution < -0.4 is 0 Å². The van der Waals surface area contributed by atoms with Gasteiger partial charge in [-0.2, -0.15) is 0 Å². The fraction of sp³-hybridized carbons (Fsp3) is 0.333. The lowest BCUT2D eigenvalue weighted by atomic mass is 9.76. The Hall–Kier alpha value is -1.30. The lowest BCUT2D eigenvalue weighted by Gasteiger charge is -2.27. The number of hydrogen-bond donors (Lipinski definition) is 0. The third-order valence-electron chi connectivity index (χ3n) is 2.66. The minimum Gasteiger partial charge on any atom is -0.0988 e. The van der Waals surface area contributed by atoms with E-state index in [-0.39, 0.29) is 5.41 Å². The van der Waals surface area contributed by atoms with E-state index < -0.39 is 0 Å². The summed E-state index contributed by atoms with van der Waals surface area (Å²) in [5, 5.41) is 0. The molecule has 0 unspecified atom stereocenters. The van der Waals surface area contributed by atoms with Crippen LogP contribution in [0.1, 0.15) is 27.7 Å². The van der Waals surface area contributed by atoms with Gasteiger partial charge in [-0.05, 0) is 25.0 Å². The van der Waals surface area contributed by atoms with Crippen LogP contribution in [0, 0.1) is 5.41 Å². The third kappa shape index (κ3) is 3.39. The first-order chi connectivity index (χ1) is 7.04. The molecule has 0 saturated heterocycles. The predicted molar refractivity (Wildman–Crippen MR) is 70.8 cm³/mol. The molecule has 0 atom stereocenters. The zero-order chi connectivity index (χ0) is 11.9. The van der Waals surface area contributed by atoms with Crippen LogP contribution in [-0.2, 0) is 0 Å². The van der Waals surface area contributed by atoms with Crippen molar-refractivity contribution in [1.29, 1.82) is 0 Å². The van der Waals surface area contributed by atoms with Gasteiger partial charge in [0.2, 0.25) is 0 Å². The molecule has 0 aromatic heterocycles. The first-order valence-corrected chi connectivity index (χ1v) is 5.29. The fourth-order valence-electron chi connectivity index (χ4n) is 1.63. The van der Waals surface area contributed by atoms with Gasteiger partial charge in [0, 0.05) is 5.41 Å². The maximum absolute atomic E-state index is 3.87. The largest absolute Gasteiger partial charge is 0.0988 e. The van der Waals surface area contributed by atoms with Gasteiger partial charge in [-0.3, -0.25) is 0 Å². The van der Waals surface area contributed by atoms with Crippen molar-refractivity contribution in [2.24, 2.45) is 5.41 Å². The van der Waals surface area contributed by atoms with E-state index in [0.717, 1.165) is 0 Å². The minimum atomic E-state index is -0.0300. The Morgan fingerprint density at radius 2 is 1.53 bits per heavy atom. The molecule has 0 aromatic carbocycles. The molecular weight excluding hydrogens is 180 g/mol. The van der Waals surface area contributed by atoms with Crippen molar-refractivity contribution < 1.29 is 0 Å². The first kappa shape index (κ1) is 13.7. The van der Waals surface area contributed by atoms with Crippen molar-refractivity contribution in [2.75, 3.05) is 0 Å². The van der Waals surface area contributed by atoms with E-state index in [1.54, 1.807) is 0 Å². The molecule has 15 heavy (non-hydrogen) atoms. The summed E-state index contributed by atoms with van der Waals surface area (Å²) < 4.78 is 0. The monoisotopic (exact) mass is 202 g/mol. The Labute approximate surface area is 94.4 Å². The van der Waals surface area contributed by atoms with Crippen LogP contribution in [0.2, 0.25) is 0 Å².